The van der Waals surface area contributed by atoms with Gasteiger partial charge in [0.2, 0.25) is 0 Å². The van der Waals surface area contributed by atoms with Crippen LogP contribution >= 0.6 is 0 Å². The molecule has 6 nitrogen and oxygen atoms in total. The second-order valence-electron chi connectivity index (χ2n) is 6.96. The molecule has 2 aromatic carbocycles. The lowest BCUT2D eigenvalue weighted by Crippen LogP contribution is -2.48. The smallest absolute Gasteiger partial charge is 0.258 e. The van der Waals surface area contributed by atoms with Gasteiger partial charge in [-0.3, -0.25) is 9.69 Å². The number of nitrogens with zero attached hydrogens (tertiary/aromatic N) is 4. The lowest BCUT2D eigenvalue weighted by atomic mass is 10.1. The largest absolute Gasteiger partial charge is 0.336 e. The van der Waals surface area contributed by atoms with Gasteiger partial charge in [-0.15, -0.1) is 0 Å². The molecule has 1 amide bonds. The fourth-order valence-corrected chi connectivity index (χ4v) is 3.24. The third kappa shape index (κ3) is 4.09. The Labute approximate surface area is 162 Å². The molecule has 3 aromatic rings. The number of amides is 1. The summed E-state index contributed by atoms with van der Waals surface area (Å²) in [4.78, 5) is 21.0. The van der Waals surface area contributed by atoms with Crippen LogP contribution in [0.5, 0.6) is 0 Å². The first-order valence-corrected chi connectivity index (χ1v) is 9.25. The Morgan fingerprint density at radius 2 is 1.86 bits per heavy atom. The van der Waals surface area contributed by atoms with Crippen LogP contribution in [0.25, 0.3) is 11.5 Å². The number of piperazine rings is 1. The SMILES string of the molecule is Cc1ccc(C(=O)N2CCN(Cc3noc(-c4cccc(F)c4)n3)CC2)cc1. The molecular formula is C21H21FN4O2. The van der Waals surface area contributed by atoms with Crippen molar-refractivity contribution in [3.63, 3.8) is 0 Å². The third-order valence-corrected chi connectivity index (χ3v) is 4.86. The van der Waals surface area contributed by atoms with Crippen LogP contribution in [0.1, 0.15) is 21.7 Å². The van der Waals surface area contributed by atoms with E-state index >= 15 is 0 Å². The van der Waals surface area contributed by atoms with Crippen LogP contribution in [0.3, 0.4) is 0 Å². The summed E-state index contributed by atoms with van der Waals surface area (Å²) in [7, 11) is 0. The van der Waals surface area contributed by atoms with Crippen LogP contribution in [-0.4, -0.2) is 52.0 Å². The number of hydrogen-bond donors (Lipinski definition) is 0. The molecule has 0 bridgehead atoms. The highest BCUT2D eigenvalue weighted by atomic mass is 19.1. The van der Waals surface area contributed by atoms with E-state index in [1.54, 1.807) is 12.1 Å². The molecule has 1 saturated heterocycles. The normalized spacial score (nSPS) is 15.0. The summed E-state index contributed by atoms with van der Waals surface area (Å²) in [5, 5.41) is 4.00. The number of aryl methyl sites for hydroxylation is 1. The average Bonchev–Trinajstić information content (AvgIpc) is 3.17. The van der Waals surface area contributed by atoms with E-state index in [0.717, 1.165) is 24.2 Å². The number of benzene rings is 2. The van der Waals surface area contributed by atoms with Crippen LogP contribution in [0.4, 0.5) is 4.39 Å². The fraction of sp³-hybridized carbons (Fsp3) is 0.286. The van der Waals surface area contributed by atoms with Gasteiger partial charge in [0.05, 0.1) is 6.54 Å². The van der Waals surface area contributed by atoms with E-state index in [1.165, 1.54) is 12.1 Å². The van der Waals surface area contributed by atoms with Gasteiger partial charge in [0.1, 0.15) is 5.82 Å². The molecule has 4 rings (SSSR count). The van der Waals surface area contributed by atoms with Crippen LogP contribution in [0.2, 0.25) is 0 Å². The maximum Gasteiger partial charge on any atom is 0.258 e. The lowest BCUT2D eigenvalue weighted by molar-refractivity contribution is 0.0624. The highest BCUT2D eigenvalue weighted by Crippen LogP contribution is 2.19. The van der Waals surface area contributed by atoms with Crippen molar-refractivity contribution in [2.45, 2.75) is 13.5 Å². The summed E-state index contributed by atoms with van der Waals surface area (Å²) in [6, 6.07) is 13.7. The minimum atomic E-state index is -0.341. The van der Waals surface area contributed by atoms with Gasteiger partial charge in [0, 0.05) is 37.3 Å². The van der Waals surface area contributed by atoms with E-state index < -0.39 is 0 Å². The van der Waals surface area contributed by atoms with Gasteiger partial charge in [0.15, 0.2) is 5.82 Å². The number of halogens is 1. The summed E-state index contributed by atoms with van der Waals surface area (Å²) in [5.41, 5.74) is 2.42. The lowest BCUT2D eigenvalue weighted by Gasteiger charge is -2.34. The third-order valence-electron chi connectivity index (χ3n) is 4.86. The molecule has 1 aliphatic heterocycles. The fourth-order valence-electron chi connectivity index (χ4n) is 3.24. The number of aromatic nitrogens is 2. The molecule has 0 radical (unpaired) electrons. The Morgan fingerprint density at radius 1 is 1.11 bits per heavy atom. The molecule has 1 aliphatic rings. The molecule has 1 aromatic heterocycles. The van der Waals surface area contributed by atoms with Gasteiger partial charge in [-0.25, -0.2) is 4.39 Å². The summed E-state index contributed by atoms with van der Waals surface area (Å²) in [5.74, 6) is 0.583. The Kier molecular flexibility index (Phi) is 5.16. The van der Waals surface area contributed by atoms with Gasteiger partial charge in [-0.1, -0.05) is 28.9 Å². The quantitative estimate of drug-likeness (QED) is 0.696. The average molecular weight is 380 g/mol. The Hall–Kier alpha value is -3.06. The molecule has 0 atom stereocenters. The van der Waals surface area contributed by atoms with Crippen LogP contribution in [-0.2, 0) is 6.54 Å². The Morgan fingerprint density at radius 3 is 2.57 bits per heavy atom. The molecule has 2 heterocycles. The predicted octanol–water partition coefficient (Wildman–Crippen LogP) is 3.14. The summed E-state index contributed by atoms with van der Waals surface area (Å²) < 4.78 is 18.6. The van der Waals surface area contributed by atoms with Crippen molar-refractivity contribution in [2.75, 3.05) is 26.2 Å². The molecule has 1 fully saturated rings. The highest BCUT2D eigenvalue weighted by molar-refractivity contribution is 5.94. The predicted molar refractivity (Wildman–Crippen MR) is 102 cm³/mol. The van der Waals surface area contributed by atoms with Crippen molar-refractivity contribution in [1.29, 1.82) is 0 Å². The first-order chi connectivity index (χ1) is 13.6. The van der Waals surface area contributed by atoms with Crippen LogP contribution < -0.4 is 0 Å². The zero-order valence-electron chi connectivity index (χ0n) is 15.6. The minimum Gasteiger partial charge on any atom is -0.336 e. The van der Waals surface area contributed by atoms with Crippen molar-refractivity contribution in [2.24, 2.45) is 0 Å². The maximum absolute atomic E-state index is 13.3. The zero-order valence-corrected chi connectivity index (χ0v) is 15.6. The highest BCUT2D eigenvalue weighted by Gasteiger charge is 2.23. The van der Waals surface area contributed by atoms with Crippen molar-refractivity contribution in [3.8, 4) is 11.5 Å². The van der Waals surface area contributed by atoms with E-state index in [9.17, 15) is 9.18 Å². The van der Waals surface area contributed by atoms with Gasteiger partial charge in [-0.2, -0.15) is 4.98 Å². The second-order valence-corrected chi connectivity index (χ2v) is 6.96. The molecule has 7 heteroatoms. The van der Waals surface area contributed by atoms with E-state index in [2.05, 4.69) is 15.0 Å². The van der Waals surface area contributed by atoms with Gasteiger partial charge >= 0.3 is 0 Å². The van der Waals surface area contributed by atoms with Crippen LogP contribution in [0.15, 0.2) is 53.1 Å². The molecule has 28 heavy (non-hydrogen) atoms. The van der Waals surface area contributed by atoms with Gasteiger partial charge in [-0.05, 0) is 37.3 Å². The topological polar surface area (TPSA) is 62.5 Å². The van der Waals surface area contributed by atoms with E-state index in [4.69, 9.17) is 4.52 Å². The summed E-state index contributed by atoms with van der Waals surface area (Å²) in [6.45, 7) is 5.32. The molecule has 0 N–H and O–H groups in total. The van der Waals surface area contributed by atoms with E-state index in [-0.39, 0.29) is 11.7 Å². The molecule has 0 aliphatic carbocycles. The number of carbonyl (C=O) groups excluding carboxylic acids is 1. The van der Waals surface area contributed by atoms with Crippen LogP contribution in [0, 0.1) is 12.7 Å². The van der Waals surface area contributed by atoms with Gasteiger partial charge in [0.25, 0.3) is 11.8 Å². The molecule has 0 spiro atoms. The van der Waals surface area contributed by atoms with E-state index in [1.807, 2.05) is 36.1 Å². The second kappa shape index (κ2) is 7.90. The number of carbonyl (C=O) groups is 1. The van der Waals surface area contributed by atoms with Crippen molar-refractivity contribution in [3.05, 3.63) is 71.3 Å². The first kappa shape index (κ1) is 18.3. The Balaban J connectivity index is 1.33. The van der Waals surface area contributed by atoms with Crippen molar-refractivity contribution in [1.82, 2.24) is 19.9 Å². The van der Waals surface area contributed by atoms with Gasteiger partial charge < -0.3 is 9.42 Å². The summed E-state index contributed by atoms with van der Waals surface area (Å²) >= 11 is 0. The molecule has 0 saturated carbocycles. The standard InChI is InChI=1S/C21H21FN4O2/c1-15-5-7-16(8-6-15)21(27)26-11-9-25(10-12-26)14-19-23-20(28-24-19)17-3-2-4-18(22)13-17/h2-8,13H,9-12,14H2,1H3. The summed E-state index contributed by atoms with van der Waals surface area (Å²) in [6.07, 6.45) is 0. The maximum atomic E-state index is 13.3. The molecular weight excluding hydrogens is 359 g/mol. The minimum absolute atomic E-state index is 0.0626. The molecule has 0 unspecified atom stereocenters. The monoisotopic (exact) mass is 380 g/mol. The number of rotatable bonds is 4. The van der Waals surface area contributed by atoms with Crippen molar-refractivity contribution >= 4 is 5.91 Å². The Bertz CT molecular complexity index is 963. The number of hydrogen-bond acceptors (Lipinski definition) is 5. The first-order valence-electron chi connectivity index (χ1n) is 9.25. The van der Waals surface area contributed by atoms with E-state index in [0.29, 0.717) is 36.9 Å². The van der Waals surface area contributed by atoms with Crippen molar-refractivity contribution < 1.29 is 13.7 Å². The zero-order chi connectivity index (χ0) is 19.5. The molecule has 144 valence electrons.